The highest BCUT2D eigenvalue weighted by atomic mass is 32.5. The summed E-state index contributed by atoms with van der Waals surface area (Å²) in [6.07, 6.45) is 0. The van der Waals surface area contributed by atoms with Crippen molar-refractivity contribution in [2.24, 2.45) is 5.18 Å². The van der Waals surface area contributed by atoms with Crippen LogP contribution in [0.3, 0.4) is 0 Å². The monoisotopic (exact) mass is 247 g/mol. The topological polar surface area (TPSA) is 57.1 Å². The molecule has 0 fully saturated rings. The molecule has 0 unspecified atom stereocenters. The largest absolute Gasteiger partial charge is 0.424 e. The van der Waals surface area contributed by atoms with E-state index in [1.54, 1.807) is 12.1 Å². The van der Waals surface area contributed by atoms with Crippen molar-refractivity contribution in [2.75, 3.05) is 14.2 Å². The van der Waals surface area contributed by atoms with E-state index < -0.39 is 6.72 Å². The van der Waals surface area contributed by atoms with Gasteiger partial charge >= 0.3 is 6.72 Å². The van der Waals surface area contributed by atoms with Crippen LogP contribution in [0, 0.1) is 4.91 Å². The second-order valence-electron chi connectivity index (χ2n) is 2.49. The van der Waals surface area contributed by atoms with E-state index in [0.717, 1.165) is 0 Å². The minimum absolute atomic E-state index is 0.325. The Bertz CT molecular complexity index is 373. The van der Waals surface area contributed by atoms with Crippen molar-refractivity contribution in [1.29, 1.82) is 0 Å². The minimum atomic E-state index is -2.70. The zero-order chi connectivity index (χ0) is 11.3. The fourth-order valence-electron chi connectivity index (χ4n) is 0.846. The third-order valence-corrected chi connectivity index (χ3v) is 4.05. The van der Waals surface area contributed by atoms with E-state index in [2.05, 4.69) is 5.18 Å². The van der Waals surface area contributed by atoms with Crippen LogP contribution in [0.4, 0.5) is 5.69 Å². The summed E-state index contributed by atoms with van der Waals surface area (Å²) in [5.74, 6) is 0.481. The van der Waals surface area contributed by atoms with Crippen LogP contribution in [-0.2, 0) is 20.9 Å². The lowest BCUT2D eigenvalue weighted by molar-refractivity contribution is 0.273. The molecule has 0 amide bonds. The second-order valence-corrected chi connectivity index (χ2v) is 5.64. The first-order chi connectivity index (χ1) is 7.13. The zero-order valence-electron chi connectivity index (χ0n) is 8.25. The summed E-state index contributed by atoms with van der Waals surface area (Å²) in [7, 11) is 2.84. The highest BCUT2D eigenvalue weighted by Crippen LogP contribution is 2.48. The van der Waals surface area contributed by atoms with E-state index in [1.165, 1.54) is 26.4 Å². The highest BCUT2D eigenvalue weighted by Gasteiger charge is 2.17. The van der Waals surface area contributed by atoms with E-state index in [1.807, 2.05) is 0 Å². The van der Waals surface area contributed by atoms with Gasteiger partial charge in [0.2, 0.25) is 0 Å². The maximum Gasteiger partial charge on any atom is 0.380 e. The molecule has 0 aliphatic rings. The summed E-state index contributed by atoms with van der Waals surface area (Å²) >= 11 is 5.01. The van der Waals surface area contributed by atoms with Crippen LogP contribution < -0.4 is 4.52 Å². The van der Waals surface area contributed by atoms with Gasteiger partial charge < -0.3 is 13.6 Å². The van der Waals surface area contributed by atoms with Gasteiger partial charge in [0.05, 0.1) is 0 Å². The first kappa shape index (κ1) is 12.3. The molecule has 0 atom stereocenters. The molecule has 7 heteroatoms. The predicted octanol–water partition coefficient (Wildman–Crippen LogP) is 2.98. The van der Waals surface area contributed by atoms with Crippen molar-refractivity contribution in [2.45, 2.75) is 0 Å². The number of nitrogens with zero attached hydrogens (tertiary/aromatic N) is 1. The van der Waals surface area contributed by atoms with Gasteiger partial charge in [0.15, 0.2) is 0 Å². The van der Waals surface area contributed by atoms with Gasteiger partial charge in [0, 0.05) is 26.0 Å². The van der Waals surface area contributed by atoms with Crippen molar-refractivity contribution in [3.8, 4) is 5.75 Å². The van der Waals surface area contributed by atoms with Crippen LogP contribution in [0.25, 0.3) is 0 Å². The standard InChI is InChI=1S/C8H10NO4PS/c1-11-14(15,12-2)13-8-5-3-7(9-10)4-6-8/h3-6H,1-2H3. The maximum atomic E-state index is 10.2. The molecule has 0 aliphatic heterocycles. The van der Waals surface area contributed by atoms with Crippen LogP contribution in [-0.4, -0.2) is 14.2 Å². The number of benzene rings is 1. The molecule has 0 N–H and O–H groups in total. The van der Waals surface area contributed by atoms with Crippen molar-refractivity contribution in [3.63, 3.8) is 0 Å². The van der Waals surface area contributed by atoms with E-state index in [0.29, 0.717) is 11.4 Å². The summed E-state index contributed by atoms with van der Waals surface area (Å²) in [4.78, 5) is 10.2. The summed E-state index contributed by atoms with van der Waals surface area (Å²) in [6, 6.07) is 6.20. The van der Waals surface area contributed by atoms with Gasteiger partial charge in [-0.25, -0.2) is 0 Å². The number of nitroso groups, excluding NO2 is 1. The van der Waals surface area contributed by atoms with Crippen molar-refractivity contribution < 1.29 is 13.6 Å². The molecule has 0 saturated carbocycles. The smallest absolute Gasteiger partial charge is 0.380 e. The molecule has 1 aromatic carbocycles. The van der Waals surface area contributed by atoms with Gasteiger partial charge in [-0.2, -0.15) is 0 Å². The lowest BCUT2D eigenvalue weighted by Crippen LogP contribution is -1.96. The molecule has 1 rings (SSSR count). The molecule has 0 aromatic heterocycles. The molecule has 15 heavy (non-hydrogen) atoms. The van der Waals surface area contributed by atoms with Crippen LogP contribution in [0.2, 0.25) is 0 Å². The van der Waals surface area contributed by atoms with E-state index in [-0.39, 0.29) is 0 Å². The lowest BCUT2D eigenvalue weighted by Gasteiger charge is -2.17. The Morgan fingerprint density at radius 1 is 1.20 bits per heavy atom. The van der Waals surface area contributed by atoms with Crippen LogP contribution in [0.15, 0.2) is 29.4 Å². The molecule has 0 saturated heterocycles. The van der Waals surface area contributed by atoms with Crippen molar-refractivity contribution in [3.05, 3.63) is 29.2 Å². The molecular formula is C8H10NO4PS. The van der Waals surface area contributed by atoms with Crippen LogP contribution in [0.1, 0.15) is 0 Å². The molecule has 0 radical (unpaired) electrons. The average molecular weight is 247 g/mol. The number of hydrogen-bond donors (Lipinski definition) is 0. The molecule has 0 spiro atoms. The normalized spacial score (nSPS) is 11.1. The SMILES string of the molecule is COP(=S)(OC)Oc1ccc(N=O)cc1. The Morgan fingerprint density at radius 3 is 2.13 bits per heavy atom. The summed E-state index contributed by atoms with van der Waals surface area (Å²) in [5.41, 5.74) is 0.325. The Kier molecular flexibility index (Phi) is 4.35. The fraction of sp³-hybridized carbons (Fsp3) is 0.250. The quantitative estimate of drug-likeness (QED) is 0.591. The zero-order valence-corrected chi connectivity index (χ0v) is 9.96. The van der Waals surface area contributed by atoms with Gasteiger partial charge in [-0.15, -0.1) is 4.91 Å². The molecule has 5 nitrogen and oxygen atoms in total. The first-order valence-electron chi connectivity index (χ1n) is 3.98. The second kappa shape index (κ2) is 5.32. The maximum absolute atomic E-state index is 10.2. The average Bonchev–Trinajstić information content (AvgIpc) is 2.30. The Hall–Kier alpha value is -0.810. The van der Waals surface area contributed by atoms with Gasteiger partial charge in [-0.05, 0) is 29.4 Å². The molecular weight excluding hydrogens is 237 g/mol. The molecule has 82 valence electrons. The molecule has 1 aromatic rings. The predicted molar refractivity (Wildman–Crippen MR) is 60.8 cm³/mol. The fourth-order valence-corrected chi connectivity index (χ4v) is 1.78. The third-order valence-electron chi connectivity index (χ3n) is 1.61. The van der Waals surface area contributed by atoms with E-state index >= 15 is 0 Å². The Balaban J connectivity index is 2.80. The van der Waals surface area contributed by atoms with Crippen molar-refractivity contribution >= 4 is 24.2 Å². The Morgan fingerprint density at radius 2 is 1.73 bits per heavy atom. The first-order valence-corrected chi connectivity index (χ1v) is 6.53. The summed E-state index contributed by atoms with van der Waals surface area (Å²) < 4.78 is 15.2. The van der Waals surface area contributed by atoms with Crippen LogP contribution in [0.5, 0.6) is 5.75 Å². The molecule has 0 bridgehead atoms. The minimum Gasteiger partial charge on any atom is -0.424 e. The van der Waals surface area contributed by atoms with Gasteiger partial charge in [-0.1, -0.05) is 0 Å². The van der Waals surface area contributed by atoms with E-state index in [4.69, 9.17) is 25.4 Å². The Labute approximate surface area is 92.6 Å². The van der Waals surface area contributed by atoms with Gasteiger partial charge in [-0.3, -0.25) is 0 Å². The lowest BCUT2D eigenvalue weighted by atomic mass is 10.3. The third kappa shape index (κ3) is 3.35. The number of hydrogen-bond acceptors (Lipinski definition) is 6. The molecule has 0 heterocycles. The van der Waals surface area contributed by atoms with Crippen molar-refractivity contribution in [1.82, 2.24) is 0 Å². The summed E-state index contributed by atoms with van der Waals surface area (Å²) in [5, 5.41) is 2.76. The highest BCUT2D eigenvalue weighted by molar-refractivity contribution is 8.07. The van der Waals surface area contributed by atoms with Gasteiger partial charge in [0.25, 0.3) is 0 Å². The summed E-state index contributed by atoms with van der Waals surface area (Å²) in [6.45, 7) is -2.70. The number of rotatable bonds is 5. The van der Waals surface area contributed by atoms with E-state index in [9.17, 15) is 4.91 Å². The van der Waals surface area contributed by atoms with Gasteiger partial charge in [0.1, 0.15) is 11.4 Å². The molecule has 0 aliphatic carbocycles. The van der Waals surface area contributed by atoms with Crippen LogP contribution >= 0.6 is 6.72 Å².